The van der Waals surface area contributed by atoms with E-state index in [9.17, 15) is 0 Å². The van der Waals surface area contributed by atoms with Crippen LogP contribution in [0.5, 0.6) is 0 Å². The van der Waals surface area contributed by atoms with E-state index in [1.54, 1.807) is 0 Å². The molecule has 0 saturated carbocycles. The number of nitrogens with one attached hydrogen (secondary N) is 1. The van der Waals surface area contributed by atoms with E-state index in [0.29, 0.717) is 12.0 Å². The molecule has 0 spiro atoms. The normalized spacial score (nSPS) is 29.6. The van der Waals surface area contributed by atoms with Crippen molar-refractivity contribution in [2.45, 2.75) is 72.3 Å². The molecule has 3 heterocycles. The minimum absolute atomic E-state index is 0. The lowest BCUT2D eigenvalue weighted by atomic mass is 9.78. The largest absolute Gasteiger partial charge is 0.377 e. The molecule has 0 aliphatic carbocycles. The van der Waals surface area contributed by atoms with Crippen LogP contribution in [0.4, 0.5) is 0 Å². The van der Waals surface area contributed by atoms with Gasteiger partial charge in [-0.15, -0.1) is 24.0 Å². The Balaban J connectivity index is 0.00000300. The number of hydrogen-bond acceptors (Lipinski definition) is 3. The summed E-state index contributed by atoms with van der Waals surface area (Å²) in [6.07, 6.45) is 8.23. The van der Waals surface area contributed by atoms with Crippen molar-refractivity contribution in [1.82, 2.24) is 15.1 Å². The molecule has 3 rings (SSSR count). The summed E-state index contributed by atoms with van der Waals surface area (Å²) in [5.41, 5.74) is 0.187. The summed E-state index contributed by atoms with van der Waals surface area (Å²) in [4.78, 5) is 10.3. The van der Waals surface area contributed by atoms with Gasteiger partial charge >= 0.3 is 0 Å². The third-order valence-electron chi connectivity index (χ3n) is 6.66. The molecule has 0 bridgehead atoms. The molecule has 0 radical (unpaired) electrons. The van der Waals surface area contributed by atoms with Crippen molar-refractivity contribution in [3.8, 4) is 0 Å². The molecule has 170 valence electrons. The second-order valence-electron chi connectivity index (χ2n) is 10.2. The highest BCUT2D eigenvalue weighted by Crippen LogP contribution is 2.34. The van der Waals surface area contributed by atoms with Gasteiger partial charge in [-0.25, -0.2) is 0 Å². The lowest BCUT2D eigenvalue weighted by Gasteiger charge is -2.39. The summed E-state index contributed by atoms with van der Waals surface area (Å²) in [5, 5.41) is 3.56. The zero-order valence-corrected chi connectivity index (χ0v) is 21.6. The number of nitrogens with zero attached hydrogens (tertiary/aromatic N) is 3. The van der Waals surface area contributed by atoms with Gasteiger partial charge in [-0.3, -0.25) is 4.99 Å². The maximum atomic E-state index is 6.17. The summed E-state index contributed by atoms with van der Waals surface area (Å²) in [6, 6.07) is 0. The number of likely N-dealkylation sites (tertiary alicyclic amines) is 2. The summed E-state index contributed by atoms with van der Waals surface area (Å²) >= 11 is 0. The second-order valence-corrected chi connectivity index (χ2v) is 10.2. The number of halogens is 1. The second kappa shape index (κ2) is 12.1. The first-order valence-corrected chi connectivity index (χ1v) is 11.8. The van der Waals surface area contributed by atoms with Gasteiger partial charge in [0.25, 0.3) is 0 Å². The molecule has 0 aromatic carbocycles. The van der Waals surface area contributed by atoms with Crippen molar-refractivity contribution in [2.75, 3.05) is 52.4 Å². The zero-order valence-electron chi connectivity index (χ0n) is 19.3. The first kappa shape index (κ1) is 25.2. The van der Waals surface area contributed by atoms with Crippen molar-refractivity contribution in [3.63, 3.8) is 0 Å². The predicted molar refractivity (Wildman–Crippen MR) is 133 cm³/mol. The van der Waals surface area contributed by atoms with Gasteiger partial charge in [-0.05, 0) is 63.5 Å². The molecule has 3 fully saturated rings. The van der Waals surface area contributed by atoms with E-state index in [0.717, 1.165) is 44.7 Å². The molecular formula is C23H45IN4O. The molecule has 3 saturated heterocycles. The van der Waals surface area contributed by atoms with E-state index < -0.39 is 0 Å². The highest BCUT2D eigenvalue weighted by Gasteiger charge is 2.35. The number of aliphatic imine (C=N–C) groups is 1. The molecule has 0 aromatic heterocycles. The quantitative estimate of drug-likeness (QED) is 0.335. The van der Waals surface area contributed by atoms with Crippen LogP contribution in [0.2, 0.25) is 0 Å². The molecule has 6 heteroatoms. The predicted octanol–water partition coefficient (Wildman–Crippen LogP) is 4.22. The molecule has 3 aliphatic rings. The molecule has 0 amide bonds. The number of ether oxygens (including phenoxy) is 1. The SMILES string of the molecule is CCNC(=NCC1CCCOC1C(C)(C)C)N1CCC(CN2CCCCC2)C1.I. The lowest BCUT2D eigenvalue weighted by molar-refractivity contribution is -0.0824. The van der Waals surface area contributed by atoms with Crippen LogP contribution in [0.3, 0.4) is 0 Å². The first-order chi connectivity index (χ1) is 13.5. The van der Waals surface area contributed by atoms with E-state index in [-0.39, 0.29) is 29.4 Å². The zero-order chi connectivity index (χ0) is 20.0. The lowest BCUT2D eigenvalue weighted by Crippen LogP contribution is -2.44. The summed E-state index contributed by atoms with van der Waals surface area (Å²) in [6.45, 7) is 18.0. The average molecular weight is 521 g/mol. The number of piperidine rings is 1. The van der Waals surface area contributed by atoms with Crippen LogP contribution in [0.25, 0.3) is 0 Å². The Morgan fingerprint density at radius 3 is 2.52 bits per heavy atom. The fourth-order valence-electron chi connectivity index (χ4n) is 5.30. The minimum Gasteiger partial charge on any atom is -0.377 e. The molecule has 0 aromatic rings. The van der Waals surface area contributed by atoms with Crippen molar-refractivity contribution >= 4 is 29.9 Å². The van der Waals surface area contributed by atoms with Crippen LogP contribution in [-0.2, 0) is 4.74 Å². The van der Waals surface area contributed by atoms with E-state index >= 15 is 0 Å². The highest BCUT2D eigenvalue weighted by atomic mass is 127. The van der Waals surface area contributed by atoms with E-state index in [1.165, 1.54) is 58.2 Å². The molecule has 1 N–H and O–H groups in total. The molecule has 29 heavy (non-hydrogen) atoms. The molecule has 3 aliphatic heterocycles. The molecule has 3 atom stereocenters. The summed E-state index contributed by atoms with van der Waals surface area (Å²) < 4.78 is 6.17. The highest BCUT2D eigenvalue weighted by molar-refractivity contribution is 14.0. The number of hydrogen-bond donors (Lipinski definition) is 1. The van der Waals surface area contributed by atoms with Crippen LogP contribution in [0.1, 0.15) is 66.2 Å². The maximum Gasteiger partial charge on any atom is 0.193 e. The average Bonchev–Trinajstić information content (AvgIpc) is 3.14. The van der Waals surface area contributed by atoms with E-state index in [2.05, 4.69) is 42.8 Å². The van der Waals surface area contributed by atoms with Gasteiger partial charge in [0.1, 0.15) is 0 Å². The van der Waals surface area contributed by atoms with Crippen LogP contribution in [-0.4, -0.2) is 74.3 Å². The van der Waals surface area contributed by atoms with Gasteiger partial charge in [0.15, 0.2) is 5.96 Å². The number of guanidine groups is 1. The van der Waals surface area contributed by atoms with Crippen molar-refractivity contribution in [3.05, 3.63) is 0 Å². The molecular weight excluding hydrogens is 475 g/mol. The van der Waals surface area contributed by atoms with Gasteiger partial charge in [-0.1, -0.05) is 27.2 Å². The van der Waals surface area contributed by atoms with Gasteiger partial charge in [0, 0.05) is 45.2 Å². The summed E-state index contributed by atoms with van der Waals surface area (Å²) in [5.74, 6) is 2.46. The maximum absolute atomic E-state index is 6.17. The fraction of sp³-hybridized carbons (Fsp3) is 0.957. The van der Waals surface area contributed by atoms with Crippen LogP contribution in [0, 0.1) is 17.3 Å². The third kappa shape index (κ3) is 7.53. The Morgan fingerprint density at radius 2 is 1.83 bits per heavy atom. The Labute approximate surface area is 196 Å². The molecule has 3 unspecified atom stereocenters. The van der Waals surface area contributed by atoms with Gasteiger partial charge in [-0.2, -0.15) is 0 Å². The van der Waals surface area contributed by atoms with Gasteiger partial charge in [0.05, 0.1) is 6.10 Å². The van der Waals surface area contributed by atoms with Crippen LogP contribution in [0.15, 0.2) is 4.99 Å². The van der Waals surface area contributed by atoms with E-state index in [1.807, 2.05) is 0 Å². The molecule has 5 nitrogen and oxygen atoms in total. The van der Waals surface area contributed by atoms with Crippen molar-refractivity contribution in [2.24, 2.45) is 22.2 Å². The van der Waals surface area contributed by atoms with Crippen LogP contribution < -0.4 is 5.32 Å². The van der Waals surface area contributed by atoms with E-state index in [4.69, 9.17) is 9.73 Å². The Morgan fingerprint density at radius 1 is 1.07 bits per heavy atom. The fourth-order valence-corrected chi connectivity index (χ4v) is 5.30. The smallest absolute Gasteiger partial charge is 0.193 e. The van der Waals surface area contributed by atoms with Crippen molar-refractivity contribution in [1.29, 1.82) is 0 Å². The first-order valence-electron chi connectivity index (χ1n) is 11.8. The Kier molecular flexibility index (Phi) is 10.5. The Bertz CT molecular complexity index is 502. The topological polar surface area (TPSA) is 40.1 Å². The van der Waals surface area contributed by atoms with Gasteiger partial charge in [0.2, 0.25) is 0 Å². The third-order valence-corrected chi connectivity index (χ3v) is 6.66. The Hall–Kier alpha value is -0.0800. The standard InChI is InChI=1S/C23H44N4O.HI/c1-5-24-22(25-16-20-10-9-15-28-21(20)23(2,3)4)27-14-11-19(18-27)17-26-12-7-6-8-13-26;/h19-21H,5-18H2,1-4H3,(H,24,25);1H. The minimum atomic E-state index is 0. The summed E-state index contributed by atoms with van der Waals surface area (Å²) in [7, 11) is 0. The van der Waals surface area contributed by atoms with Crippen LogP contribution >= 0.6 is 24.0 Å². The van der Waals surface area contributed by atoms with Gasteiger partial charge < -0.3 is 19.9 Å². The van der Waals surface area contributed by atoms with Crippen molar-refractivity contribution < 1.29 is 4.74 Å². The number of rotatable bonds is 5. The monoisotopic (exact) mass is 520 g/mol.